The Morgan fingerprint density at radius 2 is 2.23 bits per heavy atom. The van der Waals surface area contributed by atoms with Gasteiger partial charge in [0.15, 0.2) is 0 Å². The van der Waals surface area contributed by atoms with Crippen molar-refractivity contribution in [1.82, 2.24) is 9.88 Å². The molecule has 0 aromatic carbocycles. The summed E-state index contributed by atoms with van der Waals surface area (Å²) < 4.78 is 5.44. The second-order valence-corrected chi connectivity index (χ2v) is 3.32. The predicted octanol–water partition coefficient (Wildman–Crippen LogP) is 1.33. The van der Waals surface area contributed by atoms with Gasteiger partial charge in [-0.1, -0.05) is 0 Å². The molecule has 0 saturated carbocycles. The highest BCUT2D eigenvalue weighted by atomic mass is 16.5. The number of hydrogen-bond acceptors (Lipinski definition) is 3. The highest BCUT2D eigenvalue weighted by Gasteiger charge is 1.95. The lowest BCUT2D eigenvalue weighted by molar-refractivity contribution is 0.254. The lowest BCUT2D eigenvalue weighted by atomic mass is 10.3. The summed E-state index contributed by atoms with van der Waals surface area (Å²) in [6, 6.07) is 3.90. The predicted molar refractivity (Wildman–Crippen MR) is 53.0 cm³/mol. The summed E-state index contributed by atoms with van der Waals surface area (Å²) in [5, 5.41) is 0. The minimum Gasteiger partial charge on any atom is -0.476 e. The quantitative estimate of drug-likeness (QED) is 0.699. The van der Waals surface area contributed by atoms with Crippen LogP contribution in [0.5, 0.6) is 5.88 Å². The first-order valence-electron chi connectivity index (χ1n) is 4.38. The molecule has 0 radical (unpaired) electrons. The van der Waals surface area contributed by atoms with Gasteiger partial charge in [-0.15, -0.1) is 0 Å². The van der Waals surface area contributed by atoms with Crippen LogP contribution in [0.4, 0.5) is 0 Å². The van der Waals surface area contributed by atoms with E-state index in [1.807, 2.05) is 33.2 Å². The van der Waals surface area contributed by atoms with Gasteiger partial charge in [0.05, 0.1) is 0 Å². The van der Waals surface area contributed by atoms with E-state index < -0.39 is 0 Å². The zero-order chi connectivity index (χ0) is 9.68. The van der Waals surface area contributed by atoms with Gasteiger partial charge in [-0.05, 0) is 32.6 Å². The van der Waals surface area contributed by atoms with Crippen LogP contribution in [-0.2, 0) is 0 Å². The Labute approximate surface area is 79.3 Å². The van der Waals surface area contributed by atoms with Gasteiger partial charge in [-0.3, -0.25) is 0 Å². The third-order valence-electron chi connectivity index (χ3n) is 1.68. The lowest BCUT2D eigenvalue weighted by Crippen LogP contribution is -2.19. The molecule has 0 saturated heterocycles. The monoisotopic (exact) mass is 180 g/mol. The number of ether oxygens (including phenoxy) is 1. The van der Waals surface area contributed by atoms with Gasteiger partial charge in [-0.25, -0.2) is 4.98 Å². The van der Waals surface area contributed by atoms with Crippen molar-refractivity contribution in [3.05, 3.63) is 23.9 Å². The van der Waals surface area contributed by atoms with E-state index in [4.69, 9.17) is 4.74 Å². The second kappa shape index (κ2) is 4.82. The molecule has 0 spiro atoms. The largest absolute Gasteiger partial charge is 0.476 e. The van der Waals surface area contributed by atoms with E-state index in [2.05, 4.69) is 9.88 Å². The van der Waals surface area contributed by atoms with E-state index in [1.165, 1.54) is 5.56 Å². The fourth-order valence-electron chi connectivity index (χ4n) is 0.920. The van der Waals surface area contributed by atoms with Gasteiger partial charge < -0.3 is 9.64 Å². The molecule has 0 bridgehead atoms. The molecule has 0 fully saturated rings. The van der Waals surface area contributed by atoms with E-state index in [0.29, 0.717) is 12.5 Å². The Morgan fingerprint density at radius 1 is 1.46 bits per heavy atom. The van der Waals surface area contributed by atoms with Crippen LogP contribution in [0.1, 0.15) is 5.56 Å². The molecule has 0 aliphatic carbocycles. The zero-order valence-electron chi connectivity index (χ0n) is 8.45. The van der Waals surface area contributed by atoms with Gasteiger partial charge >= 0.3 is 0 Å². The molecule has 0 aliphatic rings. The molecule has 0 aliphatic heterocycles. The first-order valence-corrected chi connectivity index (χ1v) is 4.38. The van der Waals surface area contributed by atoms with Crippen LogP contribution in [0.2, 0.25) is 0 Å². The molecule has 0 N–H and O–H groups in total. The molecule has 0 atom stereocenters. The average molecular weight is 180 g/mol. The number of rotatable bonds is 4. The van der Waals surface area contributed by atoms with Crippen LogP contribution in [-0.4, -0.2) is 37.1 Å². The molecular weight excluding hydrogens is 164 g/mol. The molecule has 1 rings (SSSR count). The van der Waals surface area contributed by atoms with Crippen molar-refractivity contribution in [3.8, 4) is 5.88 Å². The average Bonchev–Trinajstić information content (AvgIpc) is 2.03. The summed E-state index contributed by atoms with van der Waals surface area (Å²) in [7, 11) is 4.04. The summed E-state index contributed by atoms with van der Waals surface area (Å²) >= 11 is 0. The molecule has 1 aromatic rings. The zero-order valence-corrected chi connectivity index (χ0v) is 8.45. The first kappa shape index (κ1) is 9.99. The highest BCUT2D eigenvalue weighted by molar-refractivity contribution is 5.18. The summed E-state index contributed by atoms with van der Waals surface area (Å²) in [6.07, 6.45) is 1.76. The van der Waals surface area contributed by atoms with Gasteiger partial charge in [-0.2, -0.15) is 0 Å². The van der Waals surface area contributed by atoms with E-state index in [1.54, 1.807) is 6.20 Å². The number of aryl methyl sites for hydroxylation is 1. The molecule has 0 amide bonds. The first-order chi connectivity index (χ1) is 6.18. The lowest BCUT2D eigenvalue weighted by Gasteiger charge is -2.10. The van der Waals surface area contributed by atoms with Crippen molar-refractivity contribution in [2.24, 2.45) is 0 Å². The van der Waals surface area contributed by atoms with Gasteiger partial charge in [0.1, 0.15) is 6.61 Å². The van der Waals surface area contributed by atoms with Gasteiger partial charge in [0.25, 0.3) is 0 Å². The van der Waals surface area contributed by atoms with Crippen LogP contribution in [0.3, 0.4) is 0 Å². The summed E-state index contributed by atoms with van der Waals surface area (Å²) in [6.45, 7) is 3.62. The van der Waals surface area contributed by atoms with Crippen molar-refractivity contribution in [2.75, 3.05) is 27.2 Å². The van der Waals surface area contributed by atoms with Crippen molar-refractivity contribution in [3.63, 3.8) is 0 Å². The van der Waals surface area contributed by atoms with Crippen LogP contribution in [0.15, 0.2) is 18.3 Å². The smallest absolute Gasteiger partial charge is 0.213 e. The summed E-state index contributed by atoms with van der Waals surface area (Å²) in [5.41, 5.74) is 1.18. The fourth-order valence-corrected chi connectivity index (χ4v) is 0.920. The third-order valence-corrected chi connectivity index (χ3v) is 1.68. The molecular formula is C10H16N2O. The third kappa shape index (κ3) is 3.90. The van der Waals surface area contributed by atoms with E-state index in [0.717, 1.165) is 6.54 Å². The van der Waals surface area contributed by atoms with E-state index in [9.17, 15) is 0 Å². The maximum atomic E-state index is 5.44. The topological polar surface area (TPSA) is 25.4 Å². The minimum absolute atomic E-state index is 0.684. The number of pyridine rings is 1. The van der Waals surface area contributed by atoms with Crippen LogP contribution >= 0.6 is 0 Å². The van der Waals surface area contributed by atoms with Gasteiger partial charge in [0.2, 0.25) is 5.88 Å². The minimum atomic E-state index is 0.684. The van der Waals surface area contributed by atoms with Crippen molar-refractivity contribution in [1.29, 1.82) is 0 Å². The maximum absolute atomic E-state index is 5.44. The number of aromatic nitrogens is 1. The Hall–Kier alpha value is -1.09. The molecule has 1 aromatic heterocycles. The van der Waals surface area contributed by atoms with Crippen molar-refractivity contribution in [2.45, 2.75) is 6.92 Å². The van der Waals surface area contributed by atoms with Crippen LogP contribution in [0, 0.1) is 6.92 Å². The maximum Gasteiger partial charge on any atom is 0.213 e. The molecule has 1 heterocycles. The molecule has 72 valence electrons. The number of hydrogen-bond donors (Lipinski definition) is 0. The van der Waals surface area contributed by atoms with Crippen molar-refractivity contribution < 1.29 is 4.74 Å². The number of likely N-dealkylation sites (N-methyl/N-ethyl adjacent to an activating group) is 1. The summed E-state index contributed by atoms with van der Waals surface area (Å²) in [5.74, 6) is 0.710. The Kier molecular flexibility index (Phi) is 3.71. The summed E-state index contributed by atoms with van der Waals surface area (Å²) in [4.78, 5) is 6.17. The van der Waals surface area contributed by atoms with Crippen molar-refractivity contribution >= 4 is 0 Å². The molecule has 3 heteroatoms. The SMILES string of the molecule is Cc1ccnc(OCCN(C)C)c1. The standard InChI is InChI=1S/C10H16N2O/c1-9-4-5-11-10(8-9)13-7-6-12(2)3/h4-5,8H,6-7H2,1-3H3. The normalized spacial score (nSPS) is 10.5. The van der Waals surface area contributed by atoms with Crippen LogP contribution < -0.4 is 4.74 Å². The Morgan fingerprint density at radius 3 is 2.85 bits per heavy atom. The molecule has 13 heavy (non-hydrogen) atoms. The fraction of sp³-hybridized carbons (Fsp3) is 0.500. The van der Waals surface area contributed by atoms with E-state index >= 15 is 0 Å². The highest BCUT2D eigenvalue weighted by Crippen LogP contribution is 2.07. The Balaban J connectivity index is 2.37. The van der Waals surface area contributed by atoms with Crippen LogP contribution in [0.25, 0.3) is 0 Å². The van der Waals surface area contributed by atoms with Gasteiger partial charge in [0, 0.05) is 18.8 Å². The number of nitrogens with zero attached hydrogens (tertiary/aromatic N) is 2. The van der Waals surface area contributed by atoms with E-state index in [-0.39, 0.29) is 0 Å². The Bertz CT molecular complexity index is 261. The molecule has 0 unspecified atom stereocenters. The molecule has 3 nitrogen and oxygen atoms in total. The second-order valence-electron chi connectivity index (χ2n) is 3.32.